The van der Waals surface area contributed by atoms with Gasteiger partial charge in [-0.1, -0.05) is 18.8 Å². The number of rotatable bonds is 1. The lowest BCUT2D eigenvalue weighted by Crippen LogP contribution is -1.57. The molecule has 1 radical (unpaired) electrons. The molecule has 0 saturated carbocycles. The van der Waals surface area contributed by atoms with Crippen LogP contribution < -0.4 is 0 Å². The molecule has 0 aromatic rings. The highest BCUT2D eigenvalue weighted by atomic mass is 32.1. The van der Waals surface area contributed by atoms with Crippen LogP contribution in [-0.2, 0) is 0 Å². The van der Waals surface area contributed by atoms with Crippen LogP contribution in [0.4, 0.5) is 4.39 Å². The summed E-state index contributed by atoms with van der Waals surface area (Å²) in [5, 5.41) is 1.75. The summed E-state index contributed by atoms with van der Waals surface area (Å²) in [7, 11) is 0. The molecule has 0 fully saturated rings. The van der Waals surface area contributed by atoms with E-state index in [0.29, 0.717) is 0 Å². The highest BCUT2D eigenvalue weighted by molar-refractivity contribution is 7.79. The molecule has 0 aliphatic heterocycles. The molecule has 0 atom stereocenters. The lowest BCUT2D eigenvalue weighted by atomic mass is 10.7. The molecule has 0 unspecified atom stereocenters. The van der Waals surface area contributed by atoms with Crippen molar-refractivity contribution in [1.82, 2.24) is 0 Å². The second kappa shape index (κ2) is 2.03. The first-order chi connectivity index (χ1) is 2.27. The Morgan fingerprint density at radius 2 is 2.20 bits per heavy atom. The lowest BCUT2D eigenvalue weighted by molar-refractivity contribution is 0.693. The van der Waals surface area contributed by atoms with E-state index in [1.807, 2.05) is 0 Å². The average Bonchev–Trinajstić information content (AvgIpc) is 1.38. The van der Waals surface area contributed by atoms with Gasteiger partial charge in [-0.25, -0.2) is 4.39 Å². The normalized spacial score (nSPS) is 6.60. The maximum atomic E-state index is 11.0. The molecular weight excluding hydrogens is 87.1 g/mol. The Hall–Kier alpha value is -0.240. The maximum absolute atomic E-state index is 11.0. The summed E-state index contributed by atoms with van der Waals surface area (Å²) in [4.78, 5) is 0. The first kappa shape index (κ1) is 4.76. The van der Waals surface area contributed by atoms with Crippen LogP contribution in [0.3, 0.4) is 0 Å². The third kappa shape index (κ3) is 3.76. The van der Waals surface area contributed by atoms with Gasteiger partial charge in [0.1, 0.15) is 5.83 Å². The van der Waals surface area contributed by atoms with Gasteiger partial charge in [-0.15, -0.1) is 0 Å². The van der Waals surface area contributed by atoms with E-state index in [0.717, 1.165) is 0 Å². The van der Waals surface area contributed by atoms with Gasteiger partial charge < -0.3 is 0 Å². The molecule has 0 spiro atoms. The van der Waals surface area contributed by atoms with Crippen LogP contribution in [0.5, 0.6) is 0 Å². The van der Waals surface area contributed by atoms with Gasteiger partial charge in [-0.2, -0.15) is 0 Å². The highest BCUT2D eigenvalue weighted by Gasteiger charge is 1.70. The van der Waals surface area contributed by atoms with Gasteiger partial charge in [0.15, 0.2) is 0 Å². The van der Waals surface area contributed by atoms with Crippen molar-refractivity contribution in [3.63, 3.8) is 0 Å². The zero-order valence-electron chi connectivity index (χ0n) is 2.49. The Balaban J connectivity index is 3.20. The monoisotopic (exact) mass is 89.0 g/mol. The Kier molecular flexibility index (Phi) is 1.93. The van der Waals surface area contributed by atoms with Crippen molar-refractivity contribution in [2.75, 3.05) is 0 Å². The molecule has 0 aromatic heterocycles. The third-order valence-electron chi connectivity index (χ3n) is 0.111. The average molecular weight is 89.1 g/mol. The van der Waals surface area contributed by atoms with Crippen LogP contribution in [-0.4, -0.2) is 5.37 Å². The largest absolute Gasteiger partial charge is 0.206 e. The standard InChI is InChI=1S/C3H2FS/c1-3(4)2-5/h1H2. The fourth-order valence-electron chi connectivity index (χ4n) is 0. The Morgan fingerprint density at radius 1 is 2.00 bits per heavy atom. The maximum Gasteiger partial charge on any atom is 0.135 e. The summed E-state index contributed by atoms with van der Waals surface area (Å²) in [6.45, 7) is 2.79. The van der Waals surface area contributed by atoms with Crippen LogP contribution in [0, 0.1) is 0 Å². The number of halogens is 1. The zero-order valence-corrected chi connectivity index (χ0v) is 3.31. The first-order valence-electron chi connectivity index (χ1n) is 0.997. The first-order valence-corrected chi connectivity index (χ1v) is 1.40. The van der Waals surface area contributed by atoms with Gasteiger partial charge in [-0.05, 0) is 0 Å². The molecule has 0 nitrogen and oxygen atoms in total. The number of hydrogen-bond donors (Lipinski definition) is 0. The fourth-order valence-corrected chi connectivity index (χ4v) is 0. The van der Waals surface area contributed by atoms with Crippen LogP contribution in [0.1, 0.15) is 0 Å². The van der Waals surface area contributed by atoms with E-state index >= 15 is 0 Å². The van der Waals surface area contributed by atoms with Crippen molar-refractivity contribution in [1.29, 1.82) is 0 Å². The molecule has 0 heterocycles. The predicted octanol–water partition coefficient (Wildman–Crippen LogP) is 1.35. The summed E-state index contributed by atoms with van der Waals surface area (Å²) in [5.74, 6) is -0.681. The summed E-state index contributed by atoms with van der Waals surface area (Å²) in [5.41, 5.74) is 0. The van der Waals surface area contributed by atoms with Crippen LogP contribution in [0.25, 0.3) is 0 Å². The minimum atomic E-state index is -0.681. The zero-order chi connectivity index (χ0) is 4.28. The van der Waals surface area contributed by atoms with Crippen LogP contribution in [0.2, 0.25) is 0 Å². The van der Waals surface area contributed by atoms with E-state index in [-0.39, 0.29) is 0 Å². The van der Waals surface area contributed by atoms with E-state index in [1.165, 1.54) is 0 Å². The van der Waals surface area contributed by atoms with Crippen molar-refractivity contribution >= 4 is 17.6 Å². The molecule has 0 saturated heterocycles. The minimum Gasteiger partial charge on any atom is -0.206 e. The summed E-state index contributed by atoms with van der Waals surface area (Å²) < 4.78 is 11.0. The van der Waals surface area contributed by atoms with Gasteiger partial charge in [0.2, 0.25) is 0 Å². The van der Waals surface area contributed by atoms with E-state index in [4.69, 9.17) is 0 Å². The van der Waals surface area contributed by atoms with Gasteiger partial charge in [-0.3, -0.25) is 0 Å². The number of hydrogen-bond acceptors (Lipinski definition) is 1. The van der Waals surface area contributed by atoms with Crippen LogP contribution in [0.15, 0.2) is 12.4 Å². The Labute approximate surface area is 35.3 Å². The molecule has 0 aromatic carbocycles. The summed E-state index contributed by atoms with van der Waals surface area (Å²) in [6, 6.07) is 0. The van der Waals surface area contributed by atoms with Gasteiger partial charge in [0.05, 0.1) is 5.37 Å². The Morgan fingerprint density at radius 3 is 2.20 bits per heavy atom. The Bertz CT molecular complexity index is 57.9. The second-order valence-electron chi connectivity index (χ2n) is 0.507. The van der Waals surface area contributed by atoms with Gasteiger partial charge in [0, 0.05) is 0 Å². The summed E-state index contributed by atoms with van der Waals surface area (Å²) >= 11 is 3.95. The highest BCUT2D eigenvalue weighted by Crippen LogP contribution is 1.80. The SMILES string of the molecule is C=C(F)[C]=S. The van der Waals surface area contributed by atoms with Crippen molar-refractivity contribution < 1.29 is 4.39 Å². The topological polar surface area (TPSA) is 0 Å². The smallest absolute Gasteiger partial charge is 0.135 e. The molecule has 0 N–H and O–H groups in total. The van der Waals surface area contributed by atoms with Crippen molar-refractivity contribution in [3.05, 3.63) is 12.4 Å². The quantitative estimate of drug-likeness (QED) is 0.345. The van der Waals surface area contributed by atoms with E-state index in [1.54, 1.807) is 5.37 Å². The molecule has 27 valence electrons. The molecule has 5 heavy (non-hydrogen) atoms. The fraction of sp³-hybridized carbons (Fsp3) is 0. The van der Waals surface area contributed by atoms with Crippen molar-refractivity contribution in [2.45, 2.75) is 0 Å². The number of allylic oxidation sites excluding steroid dienone is 1. The predicted molar refractivity (Wildman–Crippen MR) is 22.8 cm³/mol. The molecule has 0 rings (SSSR count). The van der Waals surface area contributed by atoms with Crippen LogP contribution >= 0.6 is 12.2 Å². The second-order valence-corrected chi connectivity index (χ2v) is 0.711. The third-order valence-corrected chi connectivity index (χ3v) is 0.332. The van der Waals surface area contributed by atoms with E-state index in [2.05, 4.69) is 18.8 Å². The van der Waals surface area contributed by atoms with E-state index in [9.17, 15) is 4.39 Å². The minimum absolute atomic E-state index is 0.681. The lowest BCUT2D eigenvalue weighted by Gasteiger charge is -1.62. The van der Waals surface area contributed by atoms with Gasteiger partial charge in [0.25, 0.3) is 0 Å². The van der Waals surface area contributed by atoms with Gasteiger partial charge >= 0.3 is 0 Å². The van der Waals surface area contributed by atoms with Crippen molar-refractivity contribution in [2.24, 2.45) is 0 Å². The molecule has 2 heteroatoms. The molecular formula is C3H2FS. The van der Waals surface area contributed by atoms with E-state index < -0.39 is 5.83 Å². The molecule has 0 amide bonds. The number of thiocarbonyl (C=S) groups is 1. The molecule has 0 bridgehead atoms. The molecule has 0 aliphatic rings. The molecule has 0 aliphatic carbocycles. The van der Waals surface area contributed by atoms with Crippen molar-refractivity contribution in [3.8, 4) is 0 Å². The summed E-state index contributed by atoms with van der Waals surface area (Å²) in [6.07, 6.45) is 0.